The highest BCUT2D eigenvalue weighted by atomic mass is 32.2. The molecule has 19 heavy (non-hydrogen) atoms. The number of benzene rings is 1. The molecule has 0 aromatic heterocycles. The second-order valence-corrected chi connectivity index (χ2v) is 6.47. The van der Waals surface area contributed by atoms with E-state index in [0.29, 0.717) is 11.4 Å². The zero-order valence-corrected chi connectivity index (χ0v) is 13.0. The molecular weight excluding hydrogens is 260 g/mol. The summed E-state index contributed by atoms with van der Waals surface area (Å²) in [6.07, 6.45) is 1.59. The van der Waals surface area contributed by atoms with Crippen molar-refractivity contribution in [2.24, 2.45) is 0 Å². The summed E-state index contributed by atoms with van der Waals surface area (Å²) in [5.74, 6) is 0. The molecular formula is C14H24N2O2S. The van der Waals surface area contributed by atoms with Crippen LogP contribution in [0.5, 0.6) is 0 Å². The van der Waals surface area contributed by atoms with Gasteiger partial charge in [0.1, 0.15) is 0 Å². The first-order valence-electron chi connectivity index (χ1n) is 6.71. The molecule has 0 spiro atoms. The van der Waals surface area contributed by atoms with Crippen LogP contribution in [0.3, 0.4) is 0 Å². The Kier molecular flexibility index (Phi) is 5.97. The van der Waals surface area contributed by atoms with Crippen LogP contribution < -0.4 is 10.0 Å². The van der Waals surface area contributed by atoms with Crippen molar-refractivity contribution < 1.29 is 8.42 Å². The van der Waals surface area contributed by atoms with Gasteiger partial charge in [-0.15, -0.1) is 0 Å². The molecule has 0 amide bonds. The smallest absolute Gasteiger partial charge is 0.240 e. The lowest BCUT2D eigenvalue weighted by Crippen LogP contribution is -2.33. The van der Waals surface area contributed by atoms with Crippen molar-refractivity contribution in [1.29, 1.82) is 0 Å². The minimum atomic E-state index is -3.42. The maximum absolute atomic E-state index is 12.3. The lowest BCUT2D eigenvalue weighted by Gasteiger charge is -2.16. The third-order valence-corrected chi connectivity index (χ3v) is 4.82. The highest BCUT2D eigenvalue weighted by Gasteiger charge is 2.18. The van der Waals surface area contributed by atoms with Gasteiger partial charge in [-0.05, 0) is 50.1 Å². The maximum Gasteiger partial charge on any atom is 0.240 e. The van der Waals surface area contributed by atoms with Crippen molar-refractivity contribution >= 4 is 10.0 Å². The van der Waals surface area contributed by atoms with E-state index in [9.17, 15) is 8.42 Å². The standard InChI is InChI=1S/C14H24N2O2S/c1-5-13(6-2)16-19(17,18)14-8-7-11(3)12(9-14)10-15-4/h7-9,13,15-16H,5-6,10H2,1-4H3. The second kappa shape index (κ2) is 7.03. The molecule has 0 fully saturated rings. The van der Waals surface area contributed by atoms with Gasteiger partial charge >= 0.3 is 0 Å². The van der Waals surface area contributed by atoms with E-state index in [1.807, 2.05) is 33.9 Å². The fraction of sp³-hybridized carbons (Fsp3) is 0.571. The first kappa shape index (κ1) is 16.1. The summed E-state index contributed by atoms with van der Waals surface area (Å²) in [7, 11) is -1.57. The zero-order chi connectivity index (χ0) is 14.5. The largest absolute Gasteiger partial charge is 0.316 e. The Balaban J connectivity index is 3.04. The number of hydrogen-bond acceptors (Lipinski definition) is 3. The number of hydrogen-bond donors (Lipinski definition) is 2. The minimum Gasteiger partial charge on any atom is -0.316 e. The Morgan fingerprint density at radius 1 is 1.21 bits per heavy atom. The first-order chi connectivity index (χ1) is 8.94. The van der Waals surface area contributed by atoms with Gasteiger partial charge in [-0.3, -0.25) is 0 Å². The molecule has 0 saturated carbocycles. The predicted octanol–water partition coefficient (Wildman–Crippen LogP) is 2.18. The Bertz CT molecular complexity index is 508. The predicted molar refractivity (Wildman–Crippen MR) is 78.6 cm³/mol. The van der Waals surface area contributed by atoms with E-state index in [-0.39, 0.29) is 6.04 Å². The molecule has 4 nitrogen and oxygen atoms in total. The molecule has 5 heteroatoms. The lowest BCUT2D eigenvalue weighted by atomic mass is 10.1. The van der Waals surface area contributed by atoms with Crippen LogP contribution in [0, 0.1) is 6.92 Å². The zero-order valence-electron chi connectivity index (χ0n) is 12.2. The number of nitrogens with one attached hydrogen (secondary N) is 2. The molecule has 0 aliphatic carbocycles. The molecule has 0 aliphatic heterocycles. The van der Waals surface area contributed by atoms with E-state index < -0.39 is 10.0 Å². The van der Waals surface area contributed by atoms with Crippen molar-refractivity contribution in [3.05, 3.63) is 29.3 Å². The molecule has 0 saturated heterocycles. The molecule has 1 aromatic rings. The molecule has 0 atom stereocenters. The van der Waals surface area contributed by atoms with Gasteiger partial charge in [0.25, 0.3) is 0 Å². The van der Waals surface area contributed by atoms with Gasteiger partial charge in [0.05, 0.1) is 4.90 Å². The summed E-state index contributed by atoms with van der Waals surface area (Å²) in [4.78, 5) is 0.343. The van der Waals surface area contributed by atoms with Gasteiger partial charge in [-0.1, -0.05) is 19.9 Å². The topological polar surface area (TPSA) is 58.2 Å². The van der Waals surface area contributed by atoms with Gasteiger partial charge in [0, 0.05) is 12.6 Å². The van der Waals surface area contributed by atoms with Crippen LogP contribution >= 0.6 is 0 Å². The molecule has 0 unspecified atom stereocenters. The third-order valence-electron chi connectivity index (χ3n) is 3.31. The van der Waals surface area contributed by atoms with E-state index in [1.165, 1.54) is 0 Å². The molecule has 2 N–H and O–H groups in total. The quantitative estimate of drug-likeness (QED) is 0.807. The average molecular weight is 284 g/mol. The number of sulfonamides is 1. The monoisotopic (exact) mass is 284 g/mol. The van der Waals surface area contributed by atoms with Gasteiger partial charge in [-0.25, -0.2) is 13.1 Å². The van der Waals surface area contributed by atoms with Gasteiger partial charge < -0.3 is 5.32 Å². The van der Waals surface area contributed by atoms with Gasteiger partial charge in [-0.2, -0.15) is 0 Å². The van der Waals surface area contributed by atoms with E-state index in [1.54, 1.807) is 12.1 Å². The van der Waals surface area contributed by atoms with Gasteiger partial charge in [0.15, 0.2) is 0 Å². The maximum atomic E-state index is 12.3. The molecule has 108 valence electrons. The Morgan fingerprint density at radius 3 is 2.37 bits per heavy atom. The molecule has 1 aromatic carbocycles. The molecule has 0 aliphatic rings. The van der Waals surface area contributed by atoms with Crippen LogP contribution in [0.15, 0.2) is 23.1 Å². The van der Waals surface area contributed by atoms with Crippen LogP contribution in [0.25, 0.3) is 0 Å². The average Bonchev–Trinajstić information content (AvgIpc) is 2.38. The van der Waals surface area contributed by atoms with Crippen LogP contribution in [0.4, 0.5) is 0 Å². The molecule has 1 rings (SSSR count). The third kappa shape index (κ3) is 4.30. The van der Waals surface area contributed by atoms with Crippen LogP contribution in [0.2, 0.25) is 0 Å². The van der Waals surface area contributed by atoms with Crippen LogP contribution in [-0.2, 0) is 16.6 Å². The van der Waals surface area contributed by atoms with E-state index in [4.69, 9.17) is 0 Å². The summed E-state index contributed by atoms with van der Waals surface area (Å²) < 4.78 is 27.3. The first-order valence-corrected chi connectivity index (χ1v) is 8.19. The van der Waals surface area contributed by atoms with E-state index >= 15 is 0 Å². The highest BCUT2D eigenvalue weighted by molar-refractivity contribution is 7.89. The van der Waals surface area contributed by atoms with Gasteiger partial charge in [0.2, 0.25) is 10.0 Å². The summed E-state index contributed by atoms with van der Waals surface area (Å²) in [6.45, 7) is 6.62. The Labute approximate surface area is 116 Å². The summed E-state index contributed by atoms with van der Waals surface area (Å²) >= 11 is 0. The summed E-state index contributed by atoms with van der Waals surface area (Å²) in [5, 5.41) is 3.05. The van der Waals surface area contributed by atoms with E-state index in [2.05, 4.69) is 10.0 Å². The Morgan fingerprint density at radius 2 is 1.84 bits per heavy atom. The van der Waals surface area contributed by atoms with E-state index in [0.717, 1.165) is 24.0 Å². The van der Waals surface area contributed by atoms with Crippen molar-refractivity contribution in [3.8, 4) is 0 Å². The minimum absolute atomic E-state index is 0.000877. The molecule has 0 radical (unpaired) electrons. The van der Waals surface area contributed by atoms with Crippen molar-refractivity contribution in [1.82, 2.24) is 10.0 Å². The summed E-state index contributed by atoms with van der Waals surface area (Å²) in [6, 6.07) is 5.27. The Hall–Kier alpha value is -0.910. The molecule has 0 heterocycles. The SMILES string of the molecule is CCC(CC)NS(=O)(=O)c1ccc(C)c(CNC)c1. The summed E-state index contributed by atoms with van der Waals surface area (Å²) in [5.41, 5.74) is 2.10. The molecule has 0 bridgehead atoms. The van der Waals surface area contributed by atoms with Crippen molar-refractivity contribution in [2.75, 3.05) is 7.05 Å². The fourth-order valence-electron chi connectivity index (χ4n) is 1.94. The normalized spacial score (nSPS) is 12.1. The highest BCUT2D eigenvalue weighted by Crippen LogP contribution is 2.16. The fourth-order valence-corrected chi connectivity index (χ4v) is 3.39. The number of aryl methyl sites for hydroxylation is 1. The van der Waals surface area contributed by atoms with Crippen molar-refractivity contribution in [3.63, 3.8) is 0 Å². The number of rotatable bonds is 7. The van der Waals surface area contributed by atoms with Crippen molar-refractivity contribution in [2.45, 2.75) is 51.1 Å². The lowest BCUT2D eigenvalue weighted by molar-refractivity contribution is 0.530. The van der Waals surface area contributed by atoms with Crippen LogP contribution in [-0.4, -0.2) is 21.5 Å². The van der Waals surface area contributed by atoms with Crippen LogP contribution in [0.1, 0.15) is 37.8 Å². The second-order valence-electron chi connectivity index (χ2n) is 4.75.